The molecule has 8 heteroatoms. The van der Waals surface area contributed by atoms with Crippen molar-refractivity contribution < 1.29 is 31.3 Å². The molecule has 0 N–H and O–H groups in total. The summed E-state index contributed by atoms with van der Waals surface area (Å²) in [4.78, 5) is 11.3. The van der Waals surface area contributed by atoms with Gasteiger partial charge in [0.15, 0.2) is 0 Å². The molecule has 18 heavy (non-hydrogen) atoms. The molecule has 1 aliphatic heterocycles. The predicted octanol–water partition coefficient (Wildman–Crippen LogP) is 1.07. The second-order valence-electron chi connectivity index (χ2n) is 3.55. The minimum atomic E-state index is -3.60. The molecule has 0 amide bonds. The third kappa shape index (κ3) is 3.41. The van der Waals surface area contributed by atoms with Gasteiger partial charge in [0.2, 0.25) is 0 Å². The van der Waals surface area contributed by atoms with Crippen LogP contribution in [-0.4, -0.2) is 33.0 Å². The zero-order valence-corrected chi connectivity index (χ0v) is 9.85. The molecular weight excluding hydrogens is 267 g/mol. The first-order valence-corrected chi connectivity index (χ1v) is 6.53. The summed E-state index contributed by atoms with van der Waals surface area (Å²) < 4.78 is 48.3. The lowest BCUT2D eigenvalue weighted by molar-refractivity contribution is 0.0572. The lowest BCUT2D eigenvalue weighted by atomic mass is 10.3. The zero-order valence-electron chi connectivity index (χ0n) is 9.04. The Balaban J connectivity index is 1.88. The molecule has 1 aromatic rings. The summed E-state index contributed by atoms with van der Waals surface area (Å²) in [7, 11) is -3.60. The lowest BCUT2D eigenvalue weighted by Crippen LogP contribution is -2.23. The molecular formula is C10H9FO6S. The Hall–Kier alpha value is -1.67. The maximum Gasteiger partial charge on any atom is 0.514 e. The number of carbonyl (C=O) groups excluding carboxylic acids is 1. The molecule has 0 saturated carbocycles. The van der Waals surface area contributed by atoms with Crippen LogP contribution in [0.5, 0.6) is 5.75 Å². The van der Waals surface area contributed by atoms with Crippen LogP contribution in [0.1, 0.15) is 0 Å². The van der Waals surface area contributed by atoms with E-state index in [-0.39, 0.29) is 12.4 Å². The van der Waals surface area contributed by atoms with Gasteiger partial charge in [-0.3, -0.25) is 4.18 Å². The average Bonchev–Trinajstić information content (AvgIpc) is 2.61. The summed E-state index contributed by atoms with van der Waals surface area (Å²) >= 11 is 0. The third-order valence-corrected chi connectivity index (χ3v) is 3.38. The fraction of sp³-hybridized carbons (Fsp3) is 0.300. The lowest BCUT2D eigenvalue weighted by Gasteiger charge is -2.08. The van der Waals surface area contributed by atoms with Crippen LogP contribution in [0, 0.1) is 5.82 Å². The van der Waals surface area contributed by atoms with E-state index >= 15 is 0 Å². The van der Waals surface area contributed by atoms with Gasteiger partial charge in [0, 0.05) is 0 Å². The fourth-order valence-electron chi connectivity index (χ4n) is 1.33. The maximum absolute atomic E-state index is 12.6. The van der Waals surface area contributed by atoms with Crippen LogP contribution in [0.3, 0.4) is 0 Å². The van der Waals surface area contributed by atoms with Crippen LogP contribution in [0.2, 0.25) is 0 Å². The maximum atomic E-state index is 12.6. The molecule has 0 spiro atoms. The van der Waals surface area contributed by atoms with Crippen LogP contribution in [0.4, 0.5) is 9.18 Å². The molecule has 0 aromatic heterocycles. The molecule has 1 atom stereocenters. The number of hydrogen-bond donors (Lipinski definition) is 0. The van der Waals surface area contributed by atoms with E-state index < -0.39 is 33.9 Å². The van der Waals surface area contributed by atoms with Crippen molar-refractivity contribution in [1.29, 1.82) is 0 Å². The summed E-state index contributed by atoms with van der Waals surface area (Å²) in [6, 6.07) is 4.73. The van der Waals surface area contributed by atoms with Gasteiger partial charge in [-0.2, -0.15) is 8.42 Å². The van der Waals surface area contributed by atoms with Crippen molar-refractivity contribution in [1.82, 2.24) is 0 Å². The van der Waals surface area contributed by atoms with E-state index in [1.807, 2.05) is 0 Å². The van der Waals surface area contributed by atoms with Gasteiger partial charge in [-0.1, -0.05) is 0 Å². The number of rotatable bonds is 2. The van der Waals surface area contributed by atoms with E-state index in [1.165, 1.54) is 12.1 Å². The van der Waals surface area contributed by atoms with Crippen molar-refractivity contribution in [2.75, 3.05) is 12.4 Å². The van der Waals surface area contributed by atoms with Crippen molar-refractivity contribution in [2.45, 2.75) is 6.10 Å². The number of halogens is 1. The molecule has 0 bridgehead atoms. The van der Waals surface area contributed by atoms with Crippen LogP contribution >= 0.6 is 0 Å². The van der Waals surface area contributed by atoms with Gasteiger partial charge < -0.3 is 9.47 Å². The minimum Gasteiger partial charge on any atom is -0.427 e. The normalized spacial score (nSPS) is 21.5. The van der Waals surface area contributed by atoms with Crippen LogP contribution < -0.4 is 4.74 Å². The Labute approximate surface area is 102 Å². The van der Waals surface area contributed by atoms with Gasteiger partial charge in [-0.15, -0.1) is 0 Å². The van der Waals surface area contributed by atoms with Crippen molar-refractivity contribution >= 4 is 16.3 Å². The quantitative estimate of drug-likeness (QED) is 0.456. The highest BCUT2D eigenvalue weighted by Crippen LogP contribution is 2.15. The van der Waals surface area contributed by atoms with E-state index in [9.17, 15) is 17.6 Å². The first kappa shape index (κ1) is 12.8. The smallest absolute Gasteiger partial charge is 0.427 e. The predicted molar refractivity (Wildman–Crippen MR) is 57.0 cm³/mol. The SMILES string of the molecule is O=C(Oc1ccc(F)cc1)OC1COS(=O)(=O)C1. The summed E-state index contributed by atoms with van der Waals surface area (Å²) in [5.41, 5.74) is 0. The van der Waals surface area contributed by atoms with E-state index in [1.54, 1.807) is 0 Å². The monoisotopic (exact) mass is 276 g/mol. The second kappa shape index (κ2) is 4.91. The molecule has 0 radical (unpaired) electrons. The summed E-state index contributed by atoms with van der Waals surface area (Å²) in [5.74, 6) is -0.764. The first-order valence-electron chi connectivity index (χ1n) is 4.96. The Kier molecular flexibility index (Phi) is 3.48. The van der Waals surface area contributed by atoms with Crippen molar-refractivity contribution in [3.63, 3.8) is 0 Å². The summed E-state index contributed by atoms with van der Waals surface area (Å²) in [6.45, 7) is -0.221. The highest BCUT2D eigenvalue weighted by atomic mass is 32.2. The van der Waals surface area contributed by atoms with E-state index in [4.69, 9.17) is 9.47 Å². The van der Waals surface area contributed by atoms with Crippen molar-refractivity contribution in [3.05, 3.63) is 30.1 Å². The molecule has 6 nitrogen and oxygen atoms in total. The van der Waals surface area contributed by atoms with Gasteiger partial charge >= 0.3 is 6.16 Å². The zero-order chi connectivity index (χ0) is 13.2. The molecule has 1 saturated heterocycles. The van der Waals surface area contributed by atoms with Gasteiger partial charge in [-0.25, -0.2) is 9.18 Å². The molecule has 98 valence electrons. The highest BCUT2D eigenvalue weighted by molar-refractivity contribution is 7.87. The van der Waals surface area contributed by atoms with E-state index in [0.717, 1.165) is 12.1 Å². The third-order valence-electron chi connectivity index (χ3n) is 2.10. The minimum absolute atomic E-state index is 0.100. The molecule has 2 rings (SSSR count). The van der Waals surface area contributed by atoms with Gasteiger partial charge in [0.1, 0.15) is 30.0 Å². The molecule has 1 fully saturated rings. The van der Waals surface area contributed by atoms with E-state index in [0.29, 0.717) is 0 Å². The van der Waals surface area contributed by atoms with Gasteiger partial charge in [0.05, 0.1) is 0 Å². The summed E-state index contributed by atoms with van der Waals surface area (Å²) in [5, 5.41) is 0. The Morgan fingerprint density at radius 2 is 2.00 bits per heavy atom. The standard InChI is InChI=1S/C10H9FO6S/c11-7-1-3-8(4-2-7)16-10(12)17-9-5-15-18(13,14)6-9/h1-4,9H,5-6H2. The molecule has 1 heterocycles. The van der Waals surface area contributed by atoms with Crippen molar-refractivity contribution in [2.24, 2.45) is 0 Å². The van der Waals surface area contributed by atoms with Crippen LogP contribution in [0.15, 0.2) is 24.3 Å². The molecule has 1 aromatic carbocycles. The second-order valence-corrected chi connectivity index (χ2v) is 5.24. The number of carbonyl (C=O) groups is 1. The van der Waals surface area contributed by atoms with Gasteiger partial charge in [0.25, 0.3) is 10.1 Å². The first-order chi connectivity index (χ1) is 8.44. The van der Waals surface area contributed by atoms with Crippen LogP contribution in [0.25, 0.3) is 0 Å². The summed E-state index contributed by atoms with van der Waals surface area (Å²) in [6.07, 6.45) is -1.95. The molecule has 1 aliphatic rings. The molecule has 1 unspecified atom stereocenters. The average molecular weight is 276 g/mol. The highest BCUT2D eigenvalue weighted by Gasteiger charge is 2.32. The van der Waals surface area contributed by atoms with E-state index in [2.05, 4.69) is 4.18 Å². The fourth-order valence-corrected chi connectivity index (χ4v) is 2.41. The molecule has 0 aliphatic carbocycles. The number of benzene rings is 1. The topological polar surface area (TPSA) is 78.9 Å². The van der Waals surface area contributed by atoms with Crippen LogP contribution in [-0.2, 0) is 19.0 Å². The Bertz CT molecular complexity index is 538. The number of ether oxygens (including phenoxy) is 2. The largest absolute Gasteiger partial charge is 0.514 e. The Morgan fingerprint density at radius 3 is 2.56 bits per heavy atom. The Morgan fingerprint density at radius 1 is 1.33 bits per heavy atom. The van der Waals surface area contributed by atoms with Crippen molar-refractivity contribution in [3.8, 4) is 5.75 Å². The van der Waals surface area contributed by atoms with Gasteiger partial charge in [-0.05, 0) is 24.3 Å². The number of hydrogen-bond acceptors (Lipinski definition) is 6.